The summed E-state index contributed by atoms with van der Waals surface area (Å²) >= 11 is 0. The van der Waals surface area contributed by atoms with Gasteiger partial charge in [-0.3, -0.25) is 0 Å². The molecule has 2 heterocycles. The van der Waals surface area contributed by atoms with E-state index in [1.165, 1.54) is 6.08 Å². The molecule has 0 atom stereocenters. The van der Waals surface area contributed by atoms with E-state index >= 15 is 0 Å². The summed E-state index contributed by atoms with van der Waals surface area (Å²) in [4.78, 5) is 3.08. The molecule has 0 fully saturated rings. The van der Waals surface area contributed by atoms with Crippen LogP contribution in [0.4, 0.5) is 0 Å². The normalized spacial score (nSPS) is 10.9. The van der Waals surface area contributed by atoms with Crippen LogP contribution in [-0.4, -0.2) is 4.57 Å². The molecule has 0 N–H and O–H groups in total. The molecule has 0 bridgehead atoms. The molecule has 82 valence electrons. The molecule has 17 heavy (non-hydrogen) atoms. The Morgan fingerprint density at radius 1 is 1.53 bits per heavy atom. The Labute approximate surface area is 98.8 Å². The summed E-state index contributed by atoms with van der Waals surface area (Å²) < 4.78 is 7.49. The van der Waals surface area contributed by atoms with Gasteiger partial charge >= 0.3 is 0 Å². The van der Waals surface area contributed by atoms with Crippen molar-refractivity contribution in [2.75, 3.05) is 0 Å². The van der Waals surface area contributed by atoms with E-state index in [4.69, 9.17) is 16.3 Å². The highest BCUT2D eigenvalue weighted by Gasteiger charge is 2.06. The topological polar surface area (TPSA) is 46.2 Å². The molecule has 2 rings (SSSR count). The molecule has 2 aromatic heterocycles. The van der Waals surface area contributed by atoms with Crippen LogP contribution in [0.1, 0.15) is 5.76 Å². The summed E-state index contributed by atoms with van der Waals surface area (Å²) in [6.07, 6.45) is 3.35. The Balaban J connectivity index is 2.36. The van der Waals surface area contributed by atoms with Crippen molar-refractivity contribution in [3.8, 4) is 17.5 Å². The molecule has 4 nitrogen and oxygen atoms in total. The van der Waals surface area contributed by atoms with Gasteiger partial charge in [-0.15, -0.1) is 0 Å². The first-order valence-electron chi connectivity index (χ1n) is 4.95. The van der Waals surface area contributed by atoms with E-state index in [2.05, 4.69) is 4.85 Å². The predicted octanol–water partition coefficient (Wildman–Crippen LogP) is 3.07. The minimum atomic E-state index is 0.0118. The zero-order chi connectivity index (χ0) is 12.3. The van der Waals surface area contributed by atoms with Crippen molar-refractivity contribution in [3.05, 3.63) is 53.3 Å². The van der Waals surface area contributed by atoms with Gasteiger partial charge in [0, 0.05) is 13.2 Å². The third kappa shape index (κ3) is 2.11. The van der Waals surface area contributed by atoms with Crippen LogP contribution in [0.3, 0.4) is 0 Å². The van der Waals surface area contributed by atoms with Crippen LogP contribution in [-0.2, 0) is 7.05 Å². The number of hydrogen-bond acceptors (Lipinski definition) is 2. The molecule has 0 aromatic carbocycles. The fraction of sp³-hybridized carbons (Fsp3) is 0.0769. The fourth-order valence-corrected chi connectivity index (χ4v) is 1.51. The predicted molar refractivity (Wildman–Crippen MR) is 63.3 cm³/mol. The zero-order valence-electron chi connectivity index (χ0n) is 9.21. The van der Waals surface area contributed by atoms with Gasteiger partial charge in [0.05, 0.1) is 18.3 Å². The molecular formula is C13H9N3O. The second-order valence-electron chi connectivity index (χ2n) is 3.46. The van der Waals surface area contributed by atoms with Gasteiger partial charge < -0.3 is 8.98 Å². The Morgan fingerprint density at radius 3 is 2.94 bits per heavy atom. The van der Waals surface area contributed by atoms with E-state index in [1.54, 1.807) is 12.1 Å². The molecule has 0 unspecified atom stereocenters. The summed E-state index contributed by atoms with van der Waals surface area (Å²) in [5.41, 5.74) is 0.962. The Kier molecular flexibility index (Phi) is 2.81. The van der Waals surface area contributed by atoms with Gasteiger partial charge in [0.1, 0.15) is 5.76 Å². The smallest absolute Gasteiger partial charge is 0.265 e. The van der Waals surface area contributed by atoms with Crippen LogP contribution in [0.15, 0.2) is 40.6 Å². The second kappa shape index (κ2) is 4.42. The Bertz CT molecular complexity index is 631. The fourth-order valence-electron chi connectivity index (χ4n) is 1.51. The van der Waals surface area contributed by atoms with Crippen LogP contribution in [0.25, 0.3) is 22.4 Å². The molecule has 0 aliphatic rings. The molecule has 0 radical (unpaired) electrons. The SMILES string of the molecule is [C-]#[N+]/C(C#N)=C/c1ccc(-c2cccn2C)o1. The highest BCUT2D eigenvalue weighted by atomic mass is 16.3. The third-order valence-electron chi connectivity index (χ3n) is 2.34. The molecular weight excluding hydrogens is 214 g/mol. The van der Waals surface area contributed by atoms with Crippen molar-refractivity contribution in [2.24, 2.45) is 7.05 Å². The molecule has 0 aliphatic carbocycles. The summed E-state index contributed by atoms with van der Waals surface area (Å²) in [5, 5.41) is 8.64. The lowest BCUT2D eigenvalue weighted by molar-refractivity contribution is 0.566. The molecule has 0 saturated carbocycles. The van der Waals surface area contributed by atoms with E-state index < -0.39 is 0 Å². The Hall–Kier alpha value is -2.72. The maximum Gasteiger partial charge on any atom is 0.265 e. The van der Waals surface area contributed by atoms with Crippen LogP contribution >= 0.6 is 0 Å². The van der Waals surface area contributed by atoms with Crippen molar-refractivity contribution in [2.45, 2.75) is 0 Å². The quantitative estimate of drug-likeness (QED) is 0.580. The number of allylic oxidation sites excluding steroid dienone is 1. The maximum atomic E-state index is 8.64. The number of aromatic nitrogens is 1. The average molecular weight is 223 g/mol. The van der Waals surface area contributed by atoms with E-state index in [1.807, 2.05) is 36.0 Å². The Morgan fingerprint density at radius 2 is 2.35 bits per heavy atom. The molecule has 2 aromatic rings. The lowest BCUT2D eigenvalue weighted by atomic mass is 10.3. The monoisotopic (exact) mass is 223 g/mol. The highest BCUT2D eigenvalue weighted by Crippen LogP contribution is 2.23. The number of aryl methyl sites for hydroxylation is 1. The molecule has 0 spiro atoms. The zero-order valence-corrected chi connectivity index (χ0v) is 9.21. The van der Waals surface area contributed by atoms with Crippen molar-refractivity contribution in [1.82, 2.24) is 4.57 Å². The first-order valence-corrected chi connectivity index (χ1v) is 4.95. The van der Waals surface area contributed by atoms with E-state index in [0.29, 0.717) is 11.5 Å². The molecule has 4 heteroatoms. The van der Waals surface area contributed by atoms with Crippen LogP contribution in [0, 0.1) is 17.9 Å². The number of rotatable bonds is 2. The first-order chi connectivity index (χ1) is 8.24. The van der Waals surface area contributed by atoms with Gasteiger partial charge in [0.25, 0.3) is 5.70 Å². The summed E-state index contributed by atoms with van der Waals surface area (Å²) in [5.74, 6) is 1.22. The number of nitriles is 1. The summed E-state index contributed by atoms with van der Waals surface area (Å²) in [6.45, 7) is 6.78. The number of hydrogen-bond donors (Lipinski definition) is 0. The average Bonchev–Trinajstić information content (AvgIpc) is 2.94. The van der Waals surface area contributed by atoms with Crippen molar-refractivity contribution in [1.29, 1.82) is 5.26 Å². The lowest BCUT2D eigenvalue weighted by Gasteiger charge is -1.97. The molecule has 0 aliphatic heterocycles. The maximum absolute atomic E-state index is 8.64. The standard InChI is InChI=1S/C13H9N3O/c1-15-10(9-14)8-11-5-6-13(17-11)12-4-3-7-16(12)2/h3-8H,2H3/b10-8+. The van der Waals surface area contributed by atoms with Gasteiger partial charge in [-0.25, -0.2) is 10.1 Å². The van der Waals surface area contributed by atoms with E-state index in [9.17, 15) is 0 Å². The first kappa shape index (κ1) is 10.8. The second-order valence-corrected chi connectivity index (χ2v) is 3.46. The minimum absolute atomic E-state index is 0.0118. The van der Waals surface area contributed by atoms with Crippen LogP contribution in [0.2, 0.25) is 0 Å². The number of nitrogens with zero attached hydrogens (tertiary/aromatic N) is 3. The van der Waals surface area contributed by atoms with Crippen molar-refractivity contribution >= 4 is 6.08 Å². The highest BCUT2D eigenvalue weighted by molar-refractivity contribution is 5.60. The van der Waals surface area contributed by atoms with Crippen LogP contribution < -0.4 is 0 Å². The third-order valence-corrected chi connectivity index (χ3v) is 2.34. The van der Waals surface area contributed by atoms with E-state index in [-0.39, 0.29) is 5.70 Å². The molecule has 0 saturated heterocycles. The largest absolute Gasteiger partial charge is 0.456 e. The van der Waals surface area contributed by atoms with Gasteiger partial charge in [0.2, 0.25) is 0 Å². The number of furan rings is 1. The summed E-state index contributed by atoms with van der Waals surface area (Å²) in [6, 6.07) is 9.22. The summed E-state index contributed by atoms with van der Waals surface area (Å²) in [7, 11) is 1.92. The van der Waals surface area contributed by atoms with Crippen LogP contribution in [0.5, 0.6) is 0 Å². The van der Waals surface area contributed by atoms with Gasteiger partial charge in [0.15, 0.2) is 5.76 Å². The van der Waals surface area contributed by atoms with Gasteiger partial charge in [-0.1, -0.05) is 0 Å². The lowest BCUT2D eigenvalue weighted by Crippen LogP contribution is -1.86. The van der Waals surface area contributed by atoms with E-state index in [0.717, 1.165) is 5.69 Å². The van der Waals surface area contributed by atoms with Crippen molar-refractivity contribution < 1.29 is 4.42 Å². The van der Waals surface area contributed by atoms with Gasteiger partial charge in [-0.2, -0.15) is 0 Å². The van der Waals surface area contributed by atoms with Gasteiger partial charge in [-0.05, 0) is 30.3 Å². The minimum Gasteiger partial charge on any atom is -0.456 e. The van der Waals surface area contributed by atoms with Crippen molar-refractivity contribution in [3.63, 3.8) is 0 Å². The molecule has 0 amide bonds.